The molecule has 0 radical (unpaired) electrons. The molecule has 7 heteroatoms. The Hall–Kier alpha value is -1.89. The molecule has 1 aromatic rings. The van der Waals surface area contributed by atoms with Crippen LogP contribution in [0.5, 0.6) is 0 Å². The Labute approximate surface area is 116 Å². The first-order valence-electron chi connectivity index (χ1n) is 6.78. The molecule has 20 heavy (non-hydrogen) atoms. The Kier molecular flexibility index (Phi) is 4.39. The van der Waals surface area contributed by atoms with Gasteiger partial charge in [-0.2, -0.15) is 0 Å². The lowest BCUT2D eigenvalue weighted by Crippen LogP contribution is -2.43. The fourth-order valence-corrected chi connectivity index (χ4v) is 2.57. The molecule has 0 spiro atoms. The van der Waals surface area contributed by atoms with Gasteiger partial charge in [-0.05, 0) is 12.8 Å². The summed E-state index contributed by atoms with van der Waals surface area (Å²) in [4.78, 5) is 22.3. The molecule has 0 aromatic carbocycles. The Morgan fingerprint density at radius 1 is 1.45 bits per heavy atom. The minimum Gasteiger partial charge on any atom is -0.391 e. The summed E-state index contributed by atoms with van der Waals surface area (Å²) in [5.74, 6) is -0.383. The van der Waals surface area contributed by atoms with Crippen LogP contribution < -0.4 is 5.32 Å². The molecule has 1 aromatic heterocycles. The van der Waals surface area contributed by atoms with Gasteiger partial charge in [0.1, 0.15) is 5.69 Å². The highest BCUT2D eigenvalue weighted by Crippen LogP contribution is 2.19. The molecule has 0 saturated heterocycles. The number of rotatable bonds is 3. The fourth-order valence-electron chi connectivity index (χ4n) is 2.57. The van der Waals surface area contributed by atoms with Gasteiger partial charge in [0.25, 0.3) is 11.6 Å². The van der Waals surface area contributed by atoms with Crippen LogP contribution in [0.1, 0.15) is 42.6 Å². The van der Waals surface area contributed by atoms with Crippen molar-refractivity contribution >= 4 is 11.6 Å². The van der Waals surface area contributed by atoms with Gasteiger partial charge >= 0.3 is 0 Å². The number of nitro groups is 1. The van der Waals surface area contributed by atoms with Crippen molar-refractivity contribution in [3.63, 3.8) is 0 Å². The molecule has 0 bridgehead atoms. The number of aliphatic hydroxyl groups is 1. The number of aryl methyl sites for hydroxylation is 1. The lowest BCUT2D eigenvalue weighted by Gasteiger charge is -2.21. The zero-order chi connectivity index (χ0) is 14.7. The molecule has 1 saturated carbocycles. The molecule has 1 heterocycles. The summed E-state index contributed by atoms with van der Waals surface area (Å²) in [7, 11) is 1.59. The third kappa shape index (κ3) is 3.16. The van der Waals surface area contributed by atoms with Gasteiger partial charge in [0.15, 0.2) is 0 Å². The summed E-state index contributed by atoms with van der Waals surface area (Å²) in [6.07, 6.45) is 5.16. The lowest BCUT2D eigenvalue weighted by molar-refractivity contribution is -0.384. The Bertz CT molecular complexity index is 512. The number of hydrogen-bond acceptors (Lipinski definition) is 4. The van der Waals surface area contributed by atoms with Crippen LogP contribution in [0, 0.1) is 10.1 Å². The maximum Gasteiger partial charge on any atom is 0.287 e. The van der Waals surface area contributed by atoms with E-state index in [1.165, 1.54) is 16.8 Å². The summed E-state index contributed by atoms with van der Waals surface area (Å²) in [5.41, 5.74) is 0.118. The molecule has 1 fully saturated rings. The molecule has 1 aliphatic rings. The van der Waals surface area contributed by atoms with E-state index >= 15 is 0 Å². The Balaban J connectivity index is 2.09. The van der Waals surface area contributed by atoms with Crippen molar-refractivity contribution in [1.82, 2.24) is 9.88 Å². The maximum absolute atomic E-state index is 12.2. The van der Waals surface area contributed by atoms with Crippen molar-refractivity contribution in [3.05, 3.63) is 28.1 Å². The van der Waals surface area contributed by atoms with E-state index in [1.54, 1.807) is 7.05 Å². The first-order valence-corrected chi connectivity index (χ1v) is 6.78. The van der Waals surface area contributed by atoms with Crippen LogP contribution >= 0.6 is 0 Å². The van der Waals surface area contributed by atoms with Crippen LogP contribution in [0.25, 0.3) is 0 Å². The first kappa shape index (κ1) is 14.5. The summed E-state index contributed by atoms with van der Waals surface area (Å²) in [6, 6.07) is 0.970. The number of hydrogen-bond donors (Lipinski definition) is 2. The minimum atomic E-state index is -0.545. The molecule has 1 aliphatic carbocycles. The van der Waals surface area contributed by atoms with Crippen molar-refractivity contribution in [2.24, 2.45) is 7.05 Å². The summed E-state index contributed by atoms with van der Waals surface area (Å²) in [6.45, 7) is 0. The quantitative estimate of drug-likeness (QED) is 0.496. The van der Waals surface area contributed by atoms with Gasteiger partial charge in [-0.15, -0.1) is 0 Å². The van der Waals surface area contributed by atoms with Crippen molar-refractivity contribution in [3.8, 4) is 0 Å². The second-order valence-electron chi connectivity index (χ2n) is 5.24. The van der Waals surface area contributed by atoms with Gasteiger partial charge in [0.2, 0.25) is 0 Å². The van der Waals surface area contributed by atoms with E-state index in [9.17, 15) is 20.0 Å². The van der Waals surface area contributed by atoms with Crippen molar-refractivity contribution in [2.45, 2.75) is 44.2 Å². The average molecular weight is 281 g/mol. The van der Waals surface area contributed by atoms with E-state index in [2.05, 4.69) is 5.32 Å². The monoisotopic (exact) mass is 281 g/mol. The predicted molar refractivity (Wildman–Crippen MR) is 72.4 cm³/mol. The van der Waals surface area contributed by atoms with Gasteiger partial charge in [-0.3, -0.25) is 14.9 Å². The van der Waals surface area contributed by atoms with E-state index in [0.29, 0.717) is 6.42 Å². The normalized spacial score (nSPS) is 23.1. The van der Waals surface area contributed by atoms with Crippen LogP contribution in [-0.2, 0) is 7.05 Å². The summed E-state index contributed by atoms with van der Waals surface area (Å²) >= 11 is 0. The zero-order valence-electron chi connectivity index (χ0n) is 11.4. The molecule has 2 atom stereocenters. The van der Waals surface area contributed by atoms with Crippen LogP contribution in [-0.4, -0.2) is 32.6 Å². The van der Waals surface area contributed by atoms with Gasteiger partial charge in [-0.1, -0.05) is 19.3 Å². The third-order valence-corrected chi connectivity index (χ3v) is 3.73. The van der Waals surface area contributed by atoms with Crippen molar-refractivity contribution in [1.29, 1.82) is 0 Å². The van der Waals surface area contributed by atoms with E-state index in [4.69, 9.17) is 0 Å². The van der Waals surface area contributed by atoms with Crippen LogP contribution in [0.15, 0.2) is 12.3 Å². The van der Waals surface area contributed by atoms with Gasteiger partial charge in [0.05, 0.1) is 23.3 Å². The van der Waals surface area contributed by atoms with Crippen LogP contribution in [0.3, 0.4) is 0 Å². The second kappa shape index (κ2) is 6.04. The number of aliphatic hydroxyl groups excluding tert-OH is 1. The van der Waals surface area contributed by atoms with E-state index < -0.39 is 11.0 Å². The molecule has 2 rings (SSSR count). The first-order chi connectivity index (χ1) is 9.49. The molecule has 7 nitrogen and oxygen atoms in total. The average Bonchev–Trinajstić information content (AvgIpc) is 2.68. The largest absolute Gasteiger partial charge is 0.391 e. The highest BCUT2D eigenvalue weighted by Gasteiger charge is 2.25. The highest BCUT2D eigenvalue weighted by atomic mass is 16.6. The van der Waals surface area contributed by atoms with Crippen molar-refractivity contribution in [2.75, 3.05) is 0 Å². The molecule has 0 aliphatic heterocycles. The van der Waals surface area contributed by atoms with Crippen molar-refractivity contribution < 1.29 is 14.8 Å². The van der Waals surface area contributed by atoms with Gasteiger partial charge < -0.3 is 15.0 Å². The van der Waals surface area contributed by atoms with E-state index in [0.717, 1.165) is 25.7 Å². The Morgan fingerprint density at radius 2 is 2.15 bits per heavy atom. The fraction of sp³-hybridized carbons (Fsp3) is 0.615. The minimum absolute atomic E-state index is 0.112. The summed E-state index contributed by atoms with van der Waals surface area (Å²) < 4.78 is 1.43. The van der Waals surface area contributed by atoms with Gasteiger partial charge in [0, 0.05) is 13.1 Å². The SMILES string of the molecule is Cn1cc([N+](=O)[O-])cc1C(=O)NC1CCCCCC1O. The molecule has 2 unspecified atom stereocenters. The highest BCUT2D eigenvalue weighted by molar-refractivity contribution is 5.93. The van der Waals surface area contributed by atoms with Gasteiger partial charge in [-0.25, -0.2) is 0 Å². The smallest absolute Gasteiger partial charge is 0.287 e. The van der Waals surface area contributed by atoms with E-state index in [1.807, 2.05) is 0 Å². The summed E-state index contributed by atoms with van der Waals surface area (Å²) in [5, 5.41) is 23.5. The number of nitrogens with one attached hydrogen (secondary N) is 1. The molecule has 1 amide bonds. The number of carbonyl (C=O) groups is 1. The molecular formula is C13H19N3O4. The number of nitrogens with zero attached hydrogens (tertiary/aromatic N) is 2. The standard InChI is InChI=1S/C13H19N3O4/c1-15-8-9(16(19)20)7-11(15)13(18)14-10-5-3-2-4-6-12(10)17/h7-8,10,12,17H,2-6H2,1H3,(H,14,18). The zero-order valence-corrected chi connectivity index (χ0v) is 11.4. The molecule has 110 valence electrons. The topological polar surface area (TPSA) is 97.4 Å². The van der Waals surface area contributed by atoms with E-state index in [-0.39, 0.29) is 23.3 Å². The second-order valence-corrected chi connectivity index (χ2v) is 5.24. The Morgan fingerprint density at radius 3 is 2.80 bits per heavy atom. The lowest BCUT2D eigenvalue weighted by atomic mass is 10.1. The number of amides is 1. The third-order valence-electron chi connectivity index (χ3n) is 3.73. The molecule has 2 N–H and O–H groups in total. The van der Waals surface area contributed by atoms with Crippen LogP contribution in [0.4, 0.5) is 5.69 Å². The number of aromatic nitrogens is 1. The number of carbonyl (C=O) groups excluding carboxylic acids is 1. The van der Waals surface area contributed by atoms with Crippen LogP contribution in [0.2, 0.25) is 0 Å². The predicted octanol–water partition coefficient (Wildman–Crippen LogP) is 1.36. The maximum atomic E-state index is 12.2. The molecular weight excluding hydrogens is 262 g/mol.